The first kappa shape index (κ1) is 13.9. The van der Waals surface area contributed by atoms with Gasteiger partial charge < -0.3 is 15.7 Å². The monoisotopic (exact) mass is 228 g/mol. The number of nitrogens with one attached hydrogen (secondary N) is 2. The van der Waals surface area contributed by atoms with E-state index in [0.29, 0.717) is 18.6 Å². The Bertz CT molecular complexity index is 181. The Balaban J connectivity index is 2.19. The summed E-state index contributed by atoms with van der Waals surface area (Å²) in [7, 11) is 0. The van der Waals surface area contributed by atoms with Crippen LogP contribution in [0, 0.1) is 0 Å². The molecule has 0 amide bonds. The molecule has 1 saturated heterocycles. The maximum atomic E-state index is 9.64. The Morgan fingerprint density at radius 3 is 2.81 bits per heavy atom. The van der Waals surface area contributed by atoms with Crippen molar-refractivity contribution in [3.8, 4) is 0 Å². The molecule has 3 nitrogen and oxygen atoms in total. The average Bonchev–Trinajstić information content (AvgIpc) is 2.42. The van der Waals surface area contributed by atoms with E-state index in [1.54, 1.807) is 0 Å². The lowest BCUT2D eigenvalue weighted by atomic mass is 10.0. The molecule has 3 N–H and O–H groups in total. The van der Waals surface area contributed by atoms with Crippen LogP contribution in [0.15, 0.2) is 0 Å². The zero-order chi connectivity index (χ0) is 12.0. The van der Waals surface area contributed by atoms with Gasteiger partial charge >= 0.3 is 0 Å². The van der Waals surface area contributed by atoms with Crippen LogP contribution in [0.5, 0.6) is 0 Å². The predicted molar refractivity (Wildman–Crippen MR) is 68.6 cm³/mol. The van der Waals surface area contributed by atoms with Gasteiger partial charge in [0.05, 0.1) is 5.60 Å². The fourth-order valence-electron chi connectivity index (χ4n) is 2.24. The summed E-state index contributed by atoms with van der Waals surface area (Å²) in [6.07, 6.45) is 6.51. The molecule has 1 rings (SSSR count). The van der Waals surface area contributed by atoms with Crippen molar-refractivity contribution in [3.63, 3.8) is 0 Å². The molecule has 2 atom stereocenters. The van der Waals surface area contributed by atoms with E-state index in [0.717, 1.165) is 6.42 Å². The lowest BCUT2D eigenvalue weighted by Crippen LogP contribution is -2.42. The SMILES string of the molecule is CC(CC1CCCCCN1)NCC(C)(C)O. The summed E-state index contributed by atoms with van der Waals surface area (Å²) in [6.45, 7) is 7.73. The second-order valence-electron chi connectivity index (χ2n) is 5.83. The van der Waals surface area contributed by atoms with Crippen LogP contribution in [0.2, 0.25) is 0 Å². The Hall–Kier alpha value is -0.120. The molecular formula is C13H28N2O. The molecule has 0 aromatic rings. The Morgan fingerprint density at radius 1 is 1.38 bits per heavy atom. The summed E-state index contributed by atoms with van der Waals surface area (Å²) in [5.41, 5.74) is -0.606. The van der Waals surface area contributed by atoms with Gasteiger partial charge in [0.15, 0.2) is 0 Å². The highest BCUT2D eigenvalue weighted by Crippen LogP contribution is 2.12. The molecular weight excluding hydrogens is 200 g/mol. The van der Waals surface area contributed by atoms with Crippen LogP contribution in [-0.4, -0.2) is 35.9 Å². The molecule has 0 spiro atoms. The topological polar surface area (TPSA) is 44.3 Å². The van der Waals surface area contributed by atoms with E-state index in [1.807, 2.05) is 13.8 Å². The highest BCUT2D eigenvalue weighted by molar-refractivity contribution is 4.78. The molecule has 1 aliphatic heterocycles. The van der Waals surface area contributed by atoms with Gasteiger partial charge in [0, 0.05) is 18.6 Å². The molecule has 0 bridgehead atoms. The molecule has 0 radical (unpaired) electrons. The van der Waals surface area contributed by atoms with Crippen molar-refractivity contribution < 1.29 is 5.11 Å². The molecule has 96 valence electrons. The predicted octanol–water partition coefficient (Wildman–Crippen LogP) is 1.66. The van der Waals surface area contributed by atoms with Crippen LogP contribution in [-0.2, 0) is 0 Å². The van der Waals surface area contributed by atoms with Crippen molar-refractivity contribution in [1.29, 1.82) is 0 Å². The number of rotatable bonds is 5. The molecule has 0 aliphatic carbocycles. The molecule has 2 unspecified atom stereocenters. The smallest absolute Gasteiger partial charge is 0.0715 e. The zero-order valence-corrected chi connectivity index (χ0v) is 11.1. The third-order valence-corrected chi connectivity index (χ3v) is 3.18. The largest absolute Gasteiger partial charge is 0.389 e. The third-order valence-electron chi connectivity index (χ3n) is 3.18. The van der Waals surface area contributed by atoms with E-state index in [9.17, 15) is 5.11 Å². The van der Waals surface area contributed by atoms with Crippen LogP contribution in [0.4, 0.5) is 0 Å². The second kappa shape index (κ2) is 6.58. The summed E-state index contributed by atoms with van der Waals surface area (Å²) < 4.78 is 0. The van der Waals surface area contributed by atoms with Crippen molar-refractivity contribution in [1.82, 2.24) is 10.6 Å². The first-order valence-corrected chi connectivity index (χ1v) is 6.66. The van der Waals surface area contributed by atoms with E-state index in [2.05, 4.69) is 17.6 Å². The molecule has 16 heavy (non-hydrogen) atoms. The van der Waals surface area contributed by atoms with Gasteiger partial charge in [0.2, 0.25) is 0 Å². The van der Waals surface area contributed by atoms with Crippen LogP contribution in [0.25, 0.3) is 0 Å². The highest BCUT2D eigenvalue weighted by Gasteiger charge is 2.17. The Kier molecular flexibility index (Phi) is 5.73. The van der Waals surface area contributed by atoms with Gasteiger partial charge in [-0.15, -0.1) is 0 Å². The van der Waals surface area contributed by atoms with Crippen LogP contribution in [0.1, 0.15) is 52.9 Å². The first-order valence-electron chi connectivity index (χ1n) is 6.66. The third kappa shape index (κ3) is 6.46. The summed E-state index contributed by atoms with van der Waals surface area (Å²) >= 11 is 0. The van der Waals surface area contributed by atoms with Crippen LogP contribution >= 0.6 is 0 Å². The van der Waals surface area contributed by atoms with Gasteiger partial charge in [0.1, 0.15) is 0 Å². The van der Waals surface area contributed by atoms with Crippen molar-refractivity contribution >= 4 is 0 Å². The minimum absolute atomic E-state index is 0.474. The highest BCUT2D eigenvalue weighted by atomic mass is 16.3. The van der Waals surface area contributed by atoms with E-state index in [1.165, 1.54) is 32.2 Å². The van der Waals surface area contributed by atoms with Crippen molar-refractivity contribution in [2.24, 2.45) is 0 Å². The van der Waals surface area contributed by atoms with Gasteiger partial charge in [-0.2, -0.15) is 0 Å². The molecule has 0 aromatic carbocycles. The van der Waals surface area contributed by atoms with Crippen LogP contribution < -0.4 is 10.6 Å². The fourth-order valence-corrected chi connectivity index (χ4v) is 2.24. The van der Waals surface area contributed by atoms with Gasteiger partial charge in [-0.1, -0.05) is 12.8 Å². The standard InChI is InChI=1S/C13H28N2O/c1-11(15-10-13(2,3)16)9-12-7-5-4-6-8-14-12/h11-12,14-16H,4-10H2,1-3H3. The average molecular weight is 228 g/mol. The number of hydrogen-bond acceptors (Lipinski definition) is 3. The van der Waals surface area contributed by atoms with Gasteiger partial charge in [-0.3, -0.25) is 0 Å². The van der Waals surface area contributed by atoms with E-state index < -0.39 is 5.60 Å². The molecule has 1 heterocycles. The molecule has 0 saturated carbocycles. The summed E-state index contributed by atoms with van der Waals surface area (Å²) in [4.78, 5) is 0. The minimum Gasteiger partial charge on any atom is -0.389 e. The summed E-state index contributed by atoms with van der Waals surface area (Å²) in [6, 6.07) is 1.13. The lowest BCUT2D eigenvalue weighted by Gasteiger charge is -2.25. The van der Waals surface area contributed by atoms with Gasteiger partial charge in [0.25, 0.3) is 0 Å². The van der Waals surface area contributed by atoms with E-state index in [4.69, 9.17) is 0 Å². The summed E-state index contributed by atoms with van der Waals surface area (Å²) in [5, 5.41) is 16.6. The Labute approximate surface area is 100 Å². The molecule has 1 aliphatic rings. The lowest BCUT2D eigenvalue weighted by molar-refractivity contribution is 0.0762. The van der Waals surface area contributed by atoms with E-state index in [-0.39, 0.29) is 0 Å². The first-order chi connectivity index (χ1) is 7.47. The number of aliphatic hydroxyl groups is 1. The minimum atomic E-state index is -0.606. The zero-order valence-electron chi connectivity index (χ0n) is 11.1. The Morgan fingerprint density at radius 2 is 2.12 bits per heavy atom. The number of hydrogen-bond donors (Lipinski definition) is 3. The van der Waals surface area contributed by atoms with Crippen molar-refractivity contribution in [3.05, 3.63) is 0 Å². The summed E-state index contributed by atoms with van der Waals surface area (Å²) in [5.74, 6) is 0. The quantitative estimate of drug-likeness (QED) is 0.670. The second-order valence-corrected chi connectivity index (χ2v) is 5.83. The van der Waals surface area contributed by atoms with Crippen LogP contribution in [0.3, 0.4) is 0 Å². The van der Waals surface area contributed by atoms with E-state index >= 15 is 0 Å². The van der Waals surface area contributed by atoms with Gasteiger partial charge in [-0.05, 0) is 46.6 Å². The normalized spacial score (nSPS) is 25.1. The molecule has 3 heteroatoms. The maximum Gasteiger partial charge on any atom is 0.0715 e. The van der Waals surface area contributed by atoms with Gasteiger partial charge in [-0.25, -0.2) is 0 Å². The van der Waals surface area contributed by atoms with Crippen molar-refractivity contribution in [2.75, 3.05) is 13.1 Å². The van der Waals surface area contributed by atoms with Crippen molar-refractivity contribution in [2.45, 2.75) is 70.6 Å². The molecule has 1 fully saturated rings. The molecule has 0 aromatic heterocycles. The fraction of sp³-hybridized carbons (Fsp3) is 1.00. The maximum absolute atomic E-state index is 9.64.